The molecule has 5 aromatic rings. The van der Waals surface area contributed by atoms with Crippen LogP contribution in [0.3, 0.4) is 0 Å². The second kappa shape index (κ2) is 22.8. The molecule has 3 aromatic carbocycles. The summed E-state index contributed by atoms with van der Waals surface area (Å²) >= 11 is 6.16. The molecule has 0 amide bonds. The van der Waals surface area contributed by atoms with Gasteiger partial charge in [0.2, 0.25) is 8.32 Å². The summed E-state index contributed by atoms with van der Waals surface area (Å²) in [4.78, 5) is 62.3. The Kier molecular flexibility index (Phi) is 17.3. The Hall–Kier alpha value is -5.34. The summed E-state index contributed by atoms with van der Waals surface area (Å²) < 4.78 is 59.7. The van der Waals surface area contributed by atoms with E-state index in [2.05, 4.69) is 36.8 Å². The average molecular weight is 1050 g/mol. The van der Waals surface area contributed by atoms with Crippen LogP contribution in [0.25, 0.3) is 0 Å². The molecular formula is C50H62N5O14PSSi. The first-order valence-electron chi connectivity index (χ1n) is 23.4. The van der Waals surface area contributed by atoms with E-state index in [1.165, 1.54) is 21.5 Å². The predicted molar refractivity (Wildman–Crippen MR) is 272 cm³/mol. The van der Waals surface area contributed by atoms with E-state index in [0.717, 1.165) is 16.7 Å². The van der Waals surface area contributed by atoms with E-state index in [0.29, 0.717) is 17.1 Å². The summed E-state index contributed by atoms with van der Waals surface area (Å²) in [6.45, 7) is 8.86. The molecule has 2 aromatic heterocycles. The third kappa shape index (κ3) is 12.2. The molecule has 72 heavy (non-hydrogen) atoms. The van der Waals surface area contributed by atoms with Gasteiger partial charge < -0.3 is 37.3 Å². The Morgan fingerprint density at radius 2 is 1.22 bits per heavy atom. The molecule has 0 bridgehead atoms. The summed E-state index contributed by atoms with van der Waals surface area (Å²) in [5.74, 6) is 1.27. The second-order valence-corrected chi connectivity index (χ2v) is 26.8. The standard InChI is InChI=1S/C50H62N5O14PSSi/c1-32-28-54(47(58)52-45(32)56)43-26-39(67-69-72(8,9)49(3,4)5)42(66-43)31-64-70(71,63-25-13-24-51)68-40-27-44(55-29-33(2)46(57)53-48(55)59)65-41(40)30-62-50(34-14-11-10-12-15-34,35-16-20-37(60-6)21-17-35)36-18-22-38(61-7)23-19-36/h10-12,14-23,28-29,39-44H,13,25-27,30-31H2,1-9H3,(H,52,56,58)(H,53,57,59)/t39-,40-,41+,42+,43+,44+,70?/m0/s1. The van der Waals surface area contributed by atoms with Crippen LogP contribution in [0, 0.1) is 25.2 Å². The minimum atomic E-state index is -3.92. The summed E-state index contributed by atoms with van der Waals surface area (Å²) in [5, 5.41) is 9.36. The van der Waals surface area contributed by atoms with Crippen molar-refractivity contribution in [3.8, 4) is 17.6 Å². The van der Waals surface area contributed by atoms with Gasteiger partial charge in [0.15, 0.2) is 0 Å². The molecular weight excluding hydrogens is 986 g/mol. The molecule has 2 N–H and O–H groups in total. The van der Waals surface area contributed by atoms with Gasteiger partial charge in [0, 0.05) is 36.4 Å². The number of ether oxygens (including phenoxy) is 5. The number of aryl methyl sites for hydroxylation is 2. The zero-order valence-corrected chi connectivity index (χ0v) is 44.5. The molecule has 386 valence electrons. The third-order valence-corrected chi connectivity index (χ3v) is 19.7. The highest BCUT2D eigenvalue weighted by Gasteiger charge is 2.47. The van der Waals surface area contributed by atoms with Gasteiger partial charge in [-0.3, -0.25) is 33.3 Å². The van der Waals surface area contributed by atoms with Gasteiger partial charge in [0.1, 0.15) is 47.9 Å². The molecule has 1 unspecified atom stereocenters. The highest BCUT2D eigenvalue weighted by atomic mass is 32.5. The number of nitriles is 1. The Morgan fingerprint density at radius 3 is 1.71 bits per heavy atom. The Bertz CT molecular complexity index is 2940. The van der Waals surface area contributed by atoms with Crippen molar-refractivity contribution in [3.63, 3.8) is 0 Å². The summed E-state index contributed by atoms with van der Waals surface area (Å²) in [6.07, 6.45) is -2.67. The van der Waals surface area contributed by atoms with Crippen LogP contribution in [0.2, 0.25) is 18.1 Å². The number of hydrogen-bond acceptors (Lipinski definition) is 16. The molecule has 0 spiro atoms. The number of hydrogen-bond donors (Lipinski definition) is 2. The zero-order valence-electron chi connectivity index (χ0n) is 41.8. The monoisotopic (exact) mass is 1050 g/mol. The lowest BCUT2D eigenvalue weighted by molar-refractivity contribution is -0.268. The third-order valence-electron chi connectivity index (χ3n) is 13.2. The van der Waals surface area contributed by atoms with Crippen molar-refractivity contribution in [2.24, 2.45) is 0 Å². The number of nitrogens with zero attached hydrogens (tertiary/aromatic N) is 3. The predicted octanol–water partition coefficient (Wildman–Crippen LogP) is 7.18. The molecule has 4 heterocycles. The van der Waals surface area contributed by atoms with E-state index in [1.54, 1.807) is 28.1 Å². The maximum Gasteiger partial charge on any atom is 0.330 e. The molecule has 2 aliphatic rings. The zero-order chi connectivity index (χ0) is 52.0. The fraction of sp³-hybridized carbons (Fsp3) is 0.460. The van der Waals surface area contributed by atoms with Crippen molar-refractivity contribution >= 4 is 26.8 Å². The van der Waals surface area contributed by atoms with Crippen molar-refractivity contribution in [2.75, 3.05) is 34.0 Å². The van der Waals surface area contributed by atoms with Gasteiger partial charge in [0.05, 0.1) is 52.6 Å². The van der Waals surface area contributed by atoms with E-state index in [9.17, 15) is 24.4 Å². The molecule has 22 heteroatoms. The summed E-state index contributed by atoms with van der Waals surface area (Å²) in [7, 11) is 0.681. The maximum atomic E-state index is 13.4. The fourth-order valence-electron chi connectivity index (χ4n) is 8.07. The maximum absolute atomic E-state index is 13.4. The quantitative estimate of drug-likeness (QED) is 0.0185. The van der Waals surface area contributed by atoms with Crippen molar-refractivity contribution in [3.05, 3.63) is 161 Å². The fourth-order valence-corrected chi connectivity index (χ4v) is 10.8. The molecule has 2 aliphatic heterocycles. The van der Waals surface area contributed by atoms with E-state index in [-0.39, 0.29) is 49.7 Å². The summed E-state index contributed by atoms with van der Waals surface area (Å²) in [6, 6.07) is 26.8. The average Bonchev–Trinajstić information content (AvgIpc) is 3.96. The number of methoxy groups -OCH3 is 2. The smallest absolute Gasteiger partial charge is 0.330 e. The normalized spacial score (nSPS) is 21.3. The molecule has 7 atom stereocenters. The molecule has 2 fully saturated rings. The lowest BCUT2D eigenvalue weighted by Gasteiger charge is -2.37. The number of benzene rings is 3. The first kappa shape index (κ1) is 54.4. The lowest BCUT2D eigenvalue weighted by atomic mass is 9.80. The second-order valence-electron chi connectivity index (χ2n) is 19.1. The summed E-state index contributed by atoms with van der Waals surface area (Å²) in [5.41, 5.74) is -0.902. The van der Waals surface area contributed by atoms with E-state index in [4.69, 9.17) is 58.5 Å². The van der Waals surface area contributed by atoms with Crippen LogP contribution >= 0.6 is 6.72 Å². The van der Waals surface area contributed by atoms with Gasteiger partial charge in [-0.1, -0.05) is 75.4 Å². The largest absolute Gasteiger partial charge is 0.497 e. The van der Waals surface area contributed by atoms with Gasteiger partial charge in [-0.25, -0.2) is 14.5 Å². The van der Waals surface area contributed by atoms with Crippen LogP contribution in [0.15, 0.2) is 110 Å². The van der Waals surface area contributed by atoms with Crippen LogP contribution in [-0.4, -0.2) is 85.9 Å². The SMILES string of the molecule is COc1ccc(C(OC[C@H]2O[C@@H](n3cc(C)c(=O)[nH]c3=O)C[C@@H]2OP(=S)(OCCC#N)OC[C@H]2O[C@@H](n3cc(C)c(=O)[nH]c3=O)C[C@@H]2OO[Si](C)(C)C(C)(C)C)(c2ccccc2)c2ccc(OC)cc2)cc1. The first-order chi connectivity index (χ1) is 34.2. The molecule has 19 nitrogen and oxygen atoms in total. The first-order valence-corrected chi connectivity index (χ1v) is 28.9. The van der Waals surface area contributed by atoms with Crippen LogP contribution in [0.1, 0.15) is 80.3 Å². The van der Waals surface area contributed by atoms with Crippen LogP contribution < -0.4 is 32.0 Å². The topological polar surface area (TPSA) is 226 Å². The van der Waals surface area contributed by atoms with Crippen LogP contribution in [0.4, 0.5) is 0 Å². The Labute approximate surface area is 423 Å². The lowest BCUT2D eigenvalue weighted by Crippen LogP contribution is -2.43. The number of rotatable bonds is 21. The Balaban J connectivity index is 1.25. The highest BCUT2D eigenvalue weighted by molar-refractivity contribution is 8.07. The van der Waals surface area contributed by atoms with Gasteiger partial charge in [-0.2, -0.15) is 5.26 Å². The van der Waals surface area contributed by atoms with Crippen molar-refractivity contribution in [1.82, 2.24) is 19.1 Å². The van der Waals surface area contributed by atoms with Gasteiger partial charge in [-0.15, -0.1) is 0 Å². The minimum absolute atomic E-state index is 0.00869. The van der Waals surface area contributed by atoms with Crippen molar-refractivity contribution < 1.29 is 46.7 Å². The number of aromatic amines is 2. The van der Waals surface area contributed by atoms with Crippen molar-refractivity contribution in [2.45, 2.75) is 114 Å². The molecule has 0 aliphatic carbocycles. The molecule has 2 saturated heterocycles. The van der Waals surface area contributed by atoms with E-state index < -0.39 is 80.0 Å². The number of nitrogens with one attached hydrogen (secondary N) is 2. The van der Waals surface area contributed by atoms with Gasteiger partial charge in [0.25, 0.3) is 11.1 Å². The van der Waals surface area contributed by atoms with Crippen LogP contribution in [-0.2, 0) is 54.7 Å². The minimum Gasteiger partial charge on any atom is -0.497 e. The van der Waals surface area contributed by atoms with Gasteiger partial charge >= 0.3 is 18.1 Å². The van der Waals surface area contributed by atoms with E-state index >= 15 is 0 Å². The number of aromatic nitrogens is 4. The van der Waals surface area contributed by atoms with Crippen molar-refractivity contribution in [1.29, 1.82) is 5.26 Å². The molecule has 0 saturated carbocycles. The number of H-pyrrole nitrogens is 2. The van der Waals surface area contributed by atoms with Gasteiger partial charge in [-0.05, 0) is 84.7 Å². The molecule has 7 rings (SSSR count). The van der Waals surface area contributed by atoms with Crippen LogP contribution in [0.5, 0.6) is 11.5 Å². The van der Waals surface area contributed by atoms with E-state index in [1.807, 2.05) is 92.0 Å². The highest BCUT2D eigenvalue weighted by Crippen LogP contribution is 2.55. The Morgan fingerprint density at radius 1 is 0.736 bits per heavy atom. The molecule has 0 radical (unpaired) electrons.